The highest BCUT2D eigenvalue weighted by atomic mass is 32.1. The molecule has 4 nitrogen and oxygen atoms in total. The van der Waals surface area contributed by atoms with Crippen LogP contribution in [-0.4, -0.2) is 0 Å². The van der Waals surface area contributed by atoms with E-state index in [1.54, 1.807) is 0 Å². The Kier molecular flexibility index (Phi) is 14.5. The van der Waals surface area contributed by atoms with Gasteiger partial charge in [-0.05, 0) is 154 Å². The number of hydrogen-bond acceptors (Lipinski definition) is 6. The molecule has 0 unspecified atom stereocenters. The second-order valence-corrected chi connectivity index (χ2v) is 32.0. The minimum atomic E-state index is 0.828. The van der Waals surface area contributed by atoms with E-state index in [0.717, 1.165) is 138 Å². The van der Waals surface area contributed by atoms with E-state index >= 15 is 0 Å². The number of benzene rings is 20. The van der Waals surface area contributed by atoms with Crippen molar-refractivity contribution in [2.24, 2.45) is 0 Å². The van der Waals surface area contributed by atoms with E-state index in [9.17, 15) is 0 Å². The Morgan fingerprint density at radius 3 is 1.42 bits per heavy atom. The monoisotopic (exact) mass is 1480 g/mol. The standard InChI is InChI=1S/C108H64N2O2S2/c1-2-31-71-65(26-1)27-20-46-83(71)102-85-39-7-3-33-76(85)78-35-6-10-42-88(78)106(102)110(94-52-25-57-100-104(94)91-43-14-18-56-99(91)113-100)69-30-19-28-67(63-69)73-44-24-54-96-101(73)92-50-22-45-74(107(92)112-96)68-58-60-72-66(62-68)29-21-47-84(72)103-86-40-8-4-32-75(86)77-34-5-9-41-87(77)105(103)109(70-59-61-81-80-37-12-16-53-95(80)111-97(81)64-70)93-51-15-11-36-79(93)89-48-23-49-90-82-38-13-17-55-98(82)114-108(89)90/h1-64H. The van der Waals surface area contributed by atoms with Crippen LogP contribution in [0.2, 0.25) is 0 Å². The Bertz CT molecular complexity index is 8170. The van der Waals surface area contributed by atoms with Crippen LogP contribution in [0.3, 0.4) is 0 Å². The summed E-state index contributed by atoms with van der Waals surface area (Å²) in [6.07, 6.45) is 0. The van der Waals surface area contributed by atoms with Gasteiger partial charge in [-0.25, -0.2) is 0 Å². The van der Waals surface area contributed by atoms with Crippen LogP contribution >= 0.6 is 22.7 Å². The minimum absolute atomic E-state index is 0.828. The normalized spacial score (nSPS) is 12.0. The van der Waals surface area contributed by atoms with Crippen LogP contribution in [0.15, 0.2) is 397 Å². The van der Waals surface area contributed by atoms with E-state index in [2.05, 4.69) is 398 Å². The van der Waals surface area contributed by atoms with Crippen molar-refractivity contribution in [2.75, 3.05) is 9.80 Å². The number of para-hydroxylation sites is 3. The summed E-state index contributed by atoms with van der Waals surface area (Å²) in [6.45, 7) is 0. The largest absolute Gasteiger partial charge is 0.456 e. The van der Waals surface area contributed by atoms with Crippen molar-refractivity contribution in [1.29, 1.82) is 0 Å². The molecule has 24 aromatic rings. The van der Waals surface area contributed by atoms with Crippen LogP contribution in [-0.2, 0) is 0 Å². The van der Waals surface area contributed by atoms with E-state index in [1.165, 1.54) is 100 Å². The number of furan rings is 2. The maximum atomic E-state index is 7.31. The first-order chi connectivity index (χ1) is 56.6. The molecule has 0 fully saturated rings. The molecule has 0 amide bonds. The molecule has 0 bridgehead atoms. The molecular weight excluding hydrogens is 1420 g/mol. The highest BCUT2D eigenvalue weighted by molar-refractivity contribution is 7.26. The van der Waals surface area contributed by atoms with E-state index in [-0.39, 0.29) is 0 Å². The zero-order chi connectivity index (χ0) is 74.6. The Morgan fingerprint density at radius 1 is 0.211 bits per heavy atom. The van der Waals surface area contributed by atoms with E-state index in [0.29, 0.717) is 0 Å². The van der Waals surface area contributed by atoms with Gasteiger partial charge in [0.1, 0.15) is 22.3 Å². The third kappa shape index (κ3) is 9.82. The molecule has 0 saturated heterocycles. The Labute approximate surface area is 663 Å². The summed E-state index contributed by atoms with van der Waals surface area (Å²) in [5, 5.41) is 23.4. The van der Waals surface area contributed by atoms with E-state index in [1.807, 2.05) is 22.7 Å². The van der Waals surface area contributed by atoms with Gasteiger partial charge in [0.25, 0.3) is 0 Å². The molecule has 4 heterocycles. The van der Waals surface area contributed by atoms with Crippen molar-refractivity contribution in [3.63, 3.8) is 0 Å². The Hall–Kier alpha value is -14.4. The second kappa shape index (κ2) is 25.6. The molecule has 0 radical (unpaired) electrons. The van der Waals surface area contributed by atoms with Crippen LogP contribution in [0.5, 0.6) is 0 Å². The molecule has 4 aromatic heterocycles. The predicted molar refractivity (Wildman–Crippen MR) is 488 cm³/mol. The van der Waals surface area contributed by atoms with Gasteiger partial charge in [0.05, 0.1) is 22.7 Å². The molecule has 0 N–H and O–H groups in total. The van der Waals surface area contributed by atoms with Crippen LogP contribution in [0.25, 0.3) is 204 Å². The lowest BCUT2D eigenvalue weighted by molar-refractivity contribution is 0.669. The average Bonchev–Trinajstić information content (AvgIpc) is 0.861. The van der Waals surface area contributed by atoms with Crippen LogP contribution < -0.4 is 9.80 Å². The summed E-state index contributed by atoms with van der Waals surface area (Å²) in [5.74, 6) is 0. The van der Waals surface area contributed by atoms with Gasteiger partial charge in [0, 0.05) is 118 Å². The minimum Gasteiger partial charge on any atom is -0.456 e. The van der Waals surface area contributed by atoms with Crippen LogP contribution in [0, 0.1) is 0 Å². The van der Waals surface area contributed by atoms with Gasteiger partial charge in [0.2, 0.25) is 0 Å². The van der Waals surface area contributed by atoms with Crippen molar-refractivity contribution in [1.82, 2.24) is 0 Å². The van der Waals surface area contributed by atoms with Gasteiger partial charge in [-0.3, -0.25) is 0 Å². The highest BCUT2D eigenvalue weighted by Gasteiger charge is 2.31. The lowest BCUT2D eigenvalue weighted by atomic mass is 9.87. The number of hydrogen-bond donors (Lipinski definition) is 0. The summed E-state index contributed by atoms with van der Waals surface area (Å²) in [4.78, 5) is 5.13. The predicted octanol–water partition coefficient (Wildman–Crippen LogP) is 32.4. The van der Waals surface area contributed by atoms with Crippen LogP contribution in [0.1, 0.15) is 0 Å². The maximum Gasteiger partial charge on any atom is 0.143 e. The average molecular weight is 1490 g/mol. The van der Waals surface area contributed by atoms with Crippen molar-refractivity contribution < 1.29 is 8.83 Å². The molecule has 24 rings (SSSR count). The van der Waals surface area contributed by atoms with Gasteiger partial charge >= 0.3 is 0 Å². The van der Waals surface area contributed by atoms with Gasteiger partial charge < -0.3 is 18.6 Å². The first-order valence-corrected chi connectivity index (χ1v) is 40.6. The van der Waals surface area contributed by atoms with Gasteiger partial charge in [-0.2, -0.15) is 0 Å². The smallest absolute Gasteiger partial charge is 0.143 e. The maximum absolute atomic E-state index is 7.31. The quantitative estimate of drug-likeness (QED) is 0.121. The number of anilines is 6. The highest BCUT2D eigenvalue weighted by Crippen LogP contribution is 2.57. The zero-order valence-electron chi connectivity index (χ0n) is 61.5. The molecule has 0 spiro atoms. The van der Waals surface area contributed by atoms with Crippen molar-refractivity contribution in [3.8, 4) is 55.6 Å². The molecule has 20 aromatic carbocycles. The zero-order valence-corrected chi connectivity index (χ0v) is 63.1. The van der Waals surface area contributed by atoms with E-state index < -0.39 is 0 Å². The molecule has 0 aliphatic carbocycles. The third-order valence-electron chi connectivity index (χ3n) is 23.8. The molecular formula is C108H64N2O2S2. The topological polar surface area (TPSA) is 32.8 Å². The number of thiophene rings is 2. The fraction of sp³-hybridized carbons (Fsp3) is 0. The van der Waals surface area contributed by atoms with Crippen molar-refractivity contribution >= 4 is 206 Å². The fourth-order valence-electron chi connectivity index (χ4n) is 18.9. The second-order valence-electron chi connectivity index (χ2n) is 29.9. The summed E-state index contributed by atoms with van der Waals surface area (Å²) >= 11 is 3.72. The molecule has 0 aliphatic heterocycles. The lowest BCUT2D eigenvalue weighted by Crippen LogP contribution is -2.13. The lowest BCUT2D eigenvalue weighted by Gasteiger charge is -2.32. The number of rotatable bonds is 11. The van der Waals surface area contributed by atoms with E-state index in [4.69, 9.17) is 8.83 Å². The summed E-state index contributed by atoms with van der Waals surface area (Å²) < 4.78 is 19.2. The molecule has 530 valence electrons. The Balaban J connectivity index is 0.691. The molecule has 114 heavy (non-hydrogen) atoms. The molecule has 0 aliphatic rings. The van der Waals surface area contributed by atoms with Gasteiger partial charge in [-0.15, -0.1) is 22.7 Å². The number of nitrogens with zero attached hydrogens (tertiary/aromatic N) is 2. The fourth-order valence-corrected chi connectivity index (χ4v) is 21.3. The SMILES string of the molecule is c1cc(-c2cccc3oc4c(-c5ccc6c(-c7c(N(c8ccc9c(c8)oc8ccccc89)c8ccccc8-c8cccc9c8sc8ccccc89)c8ccccc8c8ccccc78)cccc6c5)cccc4c23)cc(N(c2c(-c3cccc4ccccc34)c3ccccc3c3ccccc23)c2cccc3sc4ccccc4c23)c1. The molecule has 6 heteroatoms. The van der Waals surface area contributed by atoms with Gasteiger partial charge in [0.15, 0.2) is 0 Å². The summed E-state index contributed by atoms with van der Waals surface area (Å²) in [7, 11) is 0. The first kappa shape index (κ1) is 64.4. The van der Waals surface area contributed by atoms with Crippen molar-refractivity contribution in [2.45, 2.75) is 0 Å². The van der Waals surface area contributed by atoms with Crippen molar-refractivity contribution in [3.05, 3.63) is 388 Å². The third-order valence-corrected chi connectivity index (χ3v) is 26.2. The molecule has 0 saturated carbocycles. The Morgan fingerprint density at radius 2 is 0.667 bits per heavy atom. The first-order valence-electron chi connectivity index (χ1n) is 38.9. The summed E-state index contributed by atoms with van der Waals surface area (Å²) in [6, 6.07) is 144. The van der Waals surface area contributed by atoms with Gasteiger partial charge in [-0.1, -0.05) is 309 Å². The molecule has 0 atom stereocenters. The summed E-state index contributed by atoms with van der Waals surface area (Å²) in [5.41, 5.74) is 21.0. The number of fused-ring (bicyclic) bond motifs is 20. The van der Waals surface area contributed by atoms with Crippen LogP contribution in [0.4, 0.5) is 34.1 Å².